The van der Waals surface area contributed by atoms with Gasteiger partial charge in [0.25, 0.3) is 0 Å². The third-order valence-electron chi connectivity index (χ3n) is 3.32. The van der Waals surface area contributed by atoms with Gasteiger partial charge < -0.3 is 4.74 Å². The molecule has 2 aromatic rings. The number of rotatable bonds is 5. The van der Waals surface area contributed by atoms with Crippen molar-refractivity contribution in [1.29, 1.82) is 0 Å². The molecule has 0 aromatic heterocycles. The molecule has 0 atom stereocenters. The minimum atomic E-state index is -3.55. The van der Waals surface area contributed by atoms with Crippen LogP contribution in [0.3, 0.4) is 0 Å². The number of aryl methyl sites for hydroxylation is 1. The van der Waals surface area contributed by atoms with Gasteiger partial charge in [-0.1, -0.05) is 29.8 Å². The summed E-state index contributed by atoms with van der Waals surface area (Å²) in [4.78, 5) is 0.232. The molecular weight excluding hydrogens is 366 g/mol. The fraction of sp³-hybridized carbons (Fsp3) is 0.250. The van der Waals surface area contributed by atoms with E-state index in [4.69, 9.17) is 4.74 Å². The van der Waals surface area contributed by atoms with Gasteiger partial charge in [0.05, 0.1) is 16.5 Å². The lowest BCUT2D eigenvalue weighted by molar-refractivity contribution is 0.411. The SMILES string of the molecule is COc1ccc(S(=O)(=O)N(C)Cc2cccc(C)c2)cc1Br. The Morgan fingerprint density at radius 2 is 1.91 bits per heavy atom. The second-order valence-corrected chi connectivity index (χ2v) is 7.95. The van der Waals surface area contributed by atoms with Gasteiger partial charge in [0.2, 0.25) is 10.0 Å². The van der Waals surface area contributed by atoms with Crippen LogP contribution in [0.15, 0.2) is 51.8 Å². The predicted octanol–water partition coefficient (Wildman–Crippen LogP) is 3.59. The first kappa shape index (κ1) is 17.0. The standard InChI is InChI=1S/C16H18BrNO3S/c1-12-5-4-6-13(9-12)11-18(2)22(19,20)14-7-8-16(21-3)15(17)10-14/h4-10H,11H2,1-3H3. The van der Waals surface area contributed by atoms with Crippen molar-refractivity contribution in [2.75, 3.05) is 14.2 Å². The van der Waals surface area contributed by atoms with E-state index in [1.54, 1.807) is 25.2 Å². The van der Waals surface area contributed by atoms with Crippen molar-refractivity contribution in [2.45, 2.75) is 18.4 Å². The van der Waals surface area contributed by atoms with E-state index in [9.17, 15) is 8.42 Å². The van der Waals surface area contributed by atoms with Gasteiger partial charge in [0.1, 0.15) is 5.75 Å². The Bertz CT molecular complexity index is 775. The molecule has 0 spiro atoms. The zero-order valence-corrected chi connectivity index (χ0v) is 15.1. The van der Waals surface area contributed by atoms with Crippen LogP contribution >= 0.6 is 15.9 Å². The van der Waals surface area contributed by atoms with E-state index >= 15 is 0 Å². The van der Waals surface area contributed by atoms with Crippen LogP contribution < -0.4 is 4.74 Å². The van der Waals surface area contributed by atoms with E-state index in [0.717, 1.165) is 11.1 Å². The quantitative estimate of drug-likeness (QED) is 0.792. The molecule has 0 aliphatic heterocycles. The molecule has 0 unspecified atom stereocenters. The average molecular weight is 384 g/mol. The van der Waals surface area contributed by atoms with Crippen molar-refractivity contribution in [3.63, 3.8) is 0 Å². The first-order valence-electron chi connectivity index (χ1n) is 6.70. The van der Waals surface area contributed by atoms with Crippen molar-refractivity contribution in [3.05, 3.63) is 58.1 Å². The van der Waals surface area contributed by atoms with Crippen LogP contribution in [-0.4, -0.2) is 26.9 Å². The summed E-state index contributed by atoms with van der Waals surface area (Å²) < 4.78 is 32.4. The van der Waals surface area contributed by atoms with Crippen LogP contribution in [0.4, 0.5) is 0 Å². The molecule has 118 valence electrons. The number of hydrogen-bond acceptors (Lipinski definition) is 3. The molecule has 2 rings (SSSR count). The van der Waals surface area contributed by atoms with E-state index in [0.29, 0.717) is 16.8 Å². The molecule has 0 fully saturated rings. The number of benzene rings is 2. The summed E-state index contributed by atoms with van der Waals surface area (Å²) in [6.45, 7) is 2.31. The van der Waals surface area contributed by atoms with Crippen LogP contribution in [0.25, 0.3) is 0 Å². The Kier molecular flexibility index (Phi) is 5.26. The van der Waals surface area contributed by atoms with Gasteiger partial charge >= 0.3 is 0 Å². The zero-order chi connectivity index (χ0) is 16.3. The lowest BCUT2D eigenvalue weighted by atomic mass is 10.1. The molecular formula is C16H18BrNO3S. The lowest BCUT2D eigenvalue weighted by Gasteiger charge is -2.18. The monoisotopic (exact) mass is 383 g/mol. The largest absolute Gasteiger partial charge is 0.496 e. The van der Waals surface area contributed by atoms with Gasteiger partial charge in [-0.3, -0.25) is 0 Å². The summed E-state index contributed by atoms with van der Waals surface area (Å²) in [7, 11) is -0.431. The van der Waals surface area contributed by atoms with E-state index in [-0.39, 0.29) is 4.90 Å². The third kappa shape index (κ3) is 3.69. The molecule has 0 heterocycles. The Balaban J connectivity index is 2.27. The summed E-state index contributed by atoms with van der Waals surface area (Å²) in [5.74, 6) is 0.597. The summed E-state index contributed by atoms with van der Waals surface area (Å²) >= 11 is 3.32. The average Bonchev–Trinajstić information content (AvgIpc) is 2.47. The number of nitrogens with zero attached hydrogens (tertiary/aromatic N) is 1. The van der Waals surface area contributed by atoms with Crippen LogP contribution in [-0.2, 0) is 16.6 Å². The van der Waals surface area contributed by atoms with Crippen LogP contribution in [0.1, 0.15) is 11.1 Å². The van der Waals surface area contributed by atoms with Crippen molar-refractivity contribution in [3.8, 4) is 5.75 Å². The second-order valence-electron chi connectivity index (χ2n) is 5.05. The summed E-state index contributed by atoms with van der Waals surface area (Å²) in [6.07, 6.45) is 0. The summed E-state index contributed by atoms with van der Waals surface area (Å²) in [5, 5.41) is 0. The Morgan fingerprint density at radius 3 is 2.50 bits per heavy atom. The van der Waals surface area contributed by atoms with E-state index in [1.165, 1.54) is 11.4 Å². The van der Waals surface area contributed by atoms with Gasteiger partial charge in [-0.05, 0) is 46.6 Å². The highest BCUT2D eigenvalue weighted by atomic mass is 79.9. The predicted molar refractivity (Wildman–Crippen MR) is 90.5 cm³/mol. The van der Waals surface area contributed by atoms with Gasteiger partial charge in [-0.15, -0.1) is 0 Å². The molecule has 22 heavy (non-hydrogen) atoms. The zero-order valence-electron chi connectivity index (χ0n) is 12.7. The number of methoxy groups -OCH3 is 1. The van der Waals surface area contributed by atoms with Crippen molar-refractivity contribution in [2.24, 2.45) is 0 Å². The third-order valence-corrected chi connectivity index (χ3v) is 5.74. The molecule has 0 amide bonds. The lowest BCUT2D eigenvalue weighted by Crippen LogP contribution is -2.26. The Labute approximate surface area is 139 Å². The number of hydrogen-bond donors (Lipinski definition) is 0. The molecule has 6 heteroatoms. The first-order valence-corrected chi connectivity index (χ1v) is 8.93. The minimum absolute atomic E-state index is 0.232. The summed E-state index contributed by atoms with van der Waals surface area (Å²) in [5.41, 5.74) is 2.06. The molecule has 0 radical (unpaired) electrons. The molecule has 0 saturated carbocycles. The molecule has 2 aromatic carbocycles. The van der Waals surface area contributed by atoms with Crippen LogP contribution in [0.5, 0.6) is 5.75 Å². The fourth-order valence-electron chi connectivity index (χ4n) is 2.14. The molecule has 0 aliphatic rings. The molecule has 0 aliphatic carbocycles. The Morgan fingerprint density at radius 1 is 1.18 bits per heavy atom. The number of sulfonamides is 1. The van der Waals surface area contributed by atoms with E-state index in [2.05, 4.69) is 15.9 Å². The van der Waals surface area contributed by atoms with E-state index in [1.807, 2.05) is 31.2 Å². The highest BCUT2D eigenvalue weighted by Crippen LogP contribution is 2.28. The molecule has 0 saturated heterocycles. The maximum atomic E-state index is 12.6. The minimum Gasteiger partial charge on any atom is -0.496 e. The second kappa shape index (κ2) is 6.81. The highest BCUT2D eigenvalue weighted by molar-refractivity contribution is 9.10. The molecule has 0 bridgehead atoms. The number of halogens is 1. The van der Waals surface area contributed by atoms with Crippen molar-refractivity contribution < 1.29 is 13.2 Å². The topological polar surface area (TPSA) is 46.6 Å². The van der Waals surface area contributed by atoms with E-state index < -0.39 is 10.0 Å². The van der Waals surface area contributed by atoms with Gasteiger partial charge in [-0.2, -0.15) is 4.31 Å². The number of ether oxygens (including phenoxy) is 1. The van der Waals surface area contributed by atoms with Gasteiger partial charge in [0.15, 0.2) is 0 Å². The van der Waals surface area contributed by atoms with Crippen molar-refractivity contribution >= 4 is 26.0 Å². The summed E-state index contributed by atoms with van der Waals surface area (Å²) in [6, 6.07) is 12.6. The Hall–Kier alpha value is -1.37. The normalized spacial score (nSPS) is 11.7. The van der Waals surface area contributed by atoms with Crippen molar-refractivity contribution in [1.82, 2.24) is 4.31 Å². The van der Waals surface area contributed by atoms with Crippen LogP contribution in [0.2, 0.25) is 0 Å². The maximum absolute atomic E-state index is 12.6. The maximum Gasteiger partial charge on any atom is 0.243 e. The molecule has 4 nitrogen and oxygen atoms in total. The molecule has 0 N–H and O–H groups in total. The fourth-order valence-corrected chi connectivity index (χ4v) is 4.02. The van der Waals surface area contributed by atoms with Gasteiger partial charge in [0, 0.05) is 13.6 Å². The highest BCUT2D eigenvalue weighted by Gasteiger charge is 2.22. The van der Waals surface area contributed by atoms with Gasteiger partial charge in [-0.25, -0.2) is 8.42 Å². The smallest absolute Gasteiger partial charge is 0.243 e. The van der Waals surface area contributed by atoms with Crippen LogP contribution in [0, 0.1) is 6.92 Å². The first-order chi connectivity index (χ1) is 10.3.